The van der Waals surface area contributed by atoms with Gasteiger partial charge in [-0.15, -0.1) is 11.8 Å². The van der Waals surface area contributed by atoms with Crippen LogP contribution in [0.5, 0.6) is 0 Å². The summed E-state index contributed by atoms with van der Waals surface area (Å²) in [5.74, 6) is -0.467. The monoisotopic (exact) mass is 177 g/mol. The first-order valence-corrected chi connectivity index (χ1v) is 4.08. The van der Waals surface area contributed by atoms with Crippen LogP contribution < -0.4 is 0 Å². The van der Waals surface area contributed by atoms with Gasteiger partial charge < -0.3 is 10.2 Å². The van der Waals surface area contributed by atoms with Crippen LogP contribution in [-0.2, 0) is 4.79 Å². The molecule has 0 aliphatic carbocycles. The third-order valence-corrected chi connectivity index (χ3v) is 2.43. The molecule has 1 saturated heterocycles. The summed E-state index contributed by atoms with van der Waals surface area (Å²) in [6.45, 7) is 0. The fraction of sp³-hybridized carbons (Fsp3) is 0.600. The number of thioether (sulfide) groups is 1. The molecule has 1 aliphatic heterocycles. The van der Waals surface area contributed by atoms with Gasteiger partial charge in [-0.2, -0.15) is 0 Å². The van der Waals surface area contributed by atoms with E-state index in [0.29, 0.717) is 5.75 Å². The van der Waals surface area contributed by atoms with Gasteiger partial charge in [-0.05, 0) is 0 Å². The second-order valence-electron chi connectivity index (χ2n) is 2.11. The molecule has 11 heavy (non-hydrogen) atoms. The molecule has 0 aromatic heterocycles. The predicted molar refractivity (Wildman–Crippen MR) is 38.6 cm³/mol. The van der Waals surface area contributed by atoms with E-state index in [1.54, 1.807) is 0 Å². The van der Waals surface area contributed by atoms with Crippen LogP contribution in [0.4, 0.5) is 4.79 Å². The second kappa shape index (κ2) is 3.00. The van der Waals surface area contributed by atoms with E-state index < -0.39 is 18.1 Å². The molecule has 1 aliphatic rings. The van der Waals surface area contributed by atoms with Crippen molar-refractivity contribution in [2.75, 3.05) is 11.6 Å². The lowest BCUT2D eigenvalue weighted by molar-refractivity contribution is -0.141. The SMILES string of the molecule is O=C(O)C1CSCN1C(=O)O. The Morgan fingerprint density at radius 1 is 1.45 bits per heavy atom. The van der Waals surface area contributed by atoms with E-state index in [1.807, 2.05) is 0 Å². The quantitative estimate of drug-likeness (QED) is 0.595. The lowest BCUT2D eigenvalue weighted by Gasteiger charge is -2.15. The van der Waals surface area contributed by atoms with Gasteiger partial charge in [0, 0.05) is 5.75 Å². The molecule has 0 aromatic rings. The predicted octanol–water partition coefficient (Wildman–Crippen LogP) is 0.124. The Labute approximate surface area is 67.0 Å². The van der Waals surface area contributed by atoms with Gasteiger partial charge in [-0.1, -0.05) is 0 Å². The van der Waals surface area contributed by atoms with E-state index in [-0.39, 0.29) is 5.88 Å². The molecule has 1 heterocycles. The number of amides is 1. The molecule has 0 radical (unpaired) electrons. The summed E-state index contributed by atoms with van der Waals surface area (Å²) in [4.78, 5) is 21.7. The molecule has 0 spiro atoms. The summed E-state index contributed by atoms with van der Waals surface area (Å²) in [5.41, 5.74) is 0. The molecule has 6 heteroatoms. The third-order valence-electron chi connectivity index (χ3n) is 1.41. The van der Waals surface area contributed by atoms with E-state index in [1.165, 1.54) is 11.8 Å². The van der Waals surface area contributed by atoms with Crippen LogP contribution >= 0.6 is 11.8 Å². The van der Waals surface area contributed by atoms with Gasteiger partial charge in [0.1, 0.15) is 6.04 Å². The summed E-state index contributed by atoms with van der Waals surface area (Å²) >= 11 is 1.31. The van der Waals surface area contributed by atoms with Crippen molar-refractivity contribution in [1.29, 1.82) is 0 Å². The third kappa shape index (κ3) is 1.56. The molecule has 1 rings (SSSR count). The molecule has 1 amide bonds. The lowest BCUT2D eigenvalue weighted by Crippen LogP contribution is -2.40. The summed E-state index contributed by atoms with van der Waals surface area (Å²) in [6, 6.07) is -0.863. The van der Waals surface area contributed by atoms with Crippen LogP contribution in [0.3, 0.4) is 0 Å². The molecular formula is C5H7NO4S. The van der Waals surface area contributed by atoms with Gasteiger partial charge in [0.2, 0.25) is 0 Å². The van der Waals surface area contributed by atoms with Crippen molar-refractivity contribution in [3.05, 3.63) is 0 Å². The van der Waals surface area contributed by atoms with Gasteiger partial charge in [0.05, 0.1) is 5.88 Å². The number of aliphatic carboxylic acids is 1. The summed E-state index contributed by atoms with van der Waals surface area (Å²) in [6.07, 6.45) is -1.16. The van der Waals surface area contributed by atoms with Crippen molar-refractivity contribution in [3.8, 4) is 0 Å². The number of carbonyl (C=O) groups is 2. The summed E-state index contributed by atoms with van der Waals surface area (Å²) in [7, 11) is 0. The highest BCUT2D eigenvalue weighted by Gasteiger charge is 2.34. The Hall–Kier alpha value is -0.910. The van der Waals surface area contributed by atoms with Crippen LogP contribution in [0.15, 0.2) is 0 Å². The Morgan fingerprint density at radius 3 is 2.45 bits per heavy atom. The highest BCUT2D eigenvalue weighted by Crippen LogP contribution is 2.20. The van der Waals surface area contributed by atoms with Gasteiger partial charge >= 0.3 is 12.1 Å². The normalized spacial score (nSPS) is 23.6. The van der Waals surface area contributed by atoms with Crippen molar-refractivity contribution in [2.24, 2.45) is 0 Å². The Kier molecular flexibility index (Phi) is 2.23. The smallest absolute Gasteiger partial charge is 0.408 e. The minimum Gasteiger partial charge on any atom is -0.480 e. The van der Waals surface area contributed by atoms with Crippen LogP contribution in [0.25, 0.3) is 0 Å². The van der Waals surface area contributed by atoms with Crippen LogP contribution in [-0.4, -0.2) is 44.8 Å². The van der Waals surface area contributed by atoms with Gasteiger partial charge in [-0.25, -0.2) is 9.59 Å². The summed E-state index contributed by atoms with van der Waals surface area (Å²) in [5, 5.41) is 17.0. The standard InChI is InChI=1S/C5H7NO4S/c7-4(8)3-1-11-2-6(3)5(9)10/h3H,1-2H2,(H,7,8)(H,9,10). The Bertz CT molecular complexity index is 175. The first kappa shape index (κ1) is 8.19. The largest absolute Gasteiger partial charge is 0.480 e. The minimum absolute atomic E-state index is 0.256. The van der Waals surface area contributed by atoms with Crippen molar-refractivity contribution < 1.29 is 19.8 Å². The second-order valence-corrected chi connectivity index (χ2v) is 3.11. The van der Waals surface area contributed by atoms with E-state index in [9.17, 15) is 9.59 Å². The number of hydrogen-bond acceptors (Lipinski definition) is 3. The highest BCUT2D eigenvalue weighted by molar-refractivity contribution is 7.99. The zero-order chi connectivity index (χ0) is 8.43. The topological polar surface area (TPSA) is 77.8 Å². The molecule has 2 N–H and O–H groups in total. The number of nitrogens with zero attached hydrogens (tertiary/aromatic N) is 1. The van der Waals surface area contributed by atoms with E-state index in [0.717, 1.165) is 4.90 Å². The Balaban J connectivity index is 2.65. The fourth-order valence-corrected chi connectivity index (χ4v) is 1.97. The molecule has 0 bridgehead atoms. The number of rotatable bonds is 1. The van der Waals surface area contributed by atoms with Crippen molar-refractivity contribution >= 4 is 23.8 Å². The zero-order valence-corrected chi connectivity index (χ0v) is 6.37. The van der Waals surface area contributed by atoms with Crippen molar-refractivity contribution in [1.82, 2.24) is 4.90 Å². The average molecular weight is 177 g/mol. The zero-order valence-electron chi connectivity index (χ0n) is 5.56. The fourth-order valence-electron chi connectivity index (χ4n) is 0.836. The number of carboxylic acid groups (broad SMARTS) is 2. The maximum atomic E-state index is 10.4. The molecule has 5 nitrogen and oxygen atoms in total. The first-order chi connectivity index (χ1) is 5.13. The van der Waals surface area contributed by atoms with E-state index in [2.05, 4.69) is 0 Å². The number of carboxylic acids is 1. The van der Waals surface area contributed by atoms with Gasteiger partial charge in [0.15, 0.2) is 0 Å². The van der Waals surface area contributed by atoms with E-state index >= 15 is 0 Å². The minimum atomic E-state index is -1.16. The Morgan fingerprint density at radius 2 is 2.09 bits per heavy atom. The maximum absolute atomic E-state index is 10.4. The molecule has 1 fully saturated rings. The van der Waals surface area contributed by atoms with Crippen molar-refractivity contribution in [2.45, 2.75) is 6.04 Å². The van der Waals surface area contributed by atoms with E-state index in [4.69, 9.17) is 10.2 Å². The van der Waals surface area contributed by atoms with Crippen LogP contribution in [0, 0.1) is 0 Å². The molecule has 0 aromatic carbocycles. The van der Waals surface area contributed by atoms with Crippen LogP contribution in [0.2, 0.25) is 0 Å². The molecular weight excluding hydrogens is 170 g/mol. The summed E-state index contributed by atoms with van der Waals surface area (Å²) < 4.78 is 0. The highest BCUT2D eigenvalue weighted by atomic mass is 32.2. The average Bonchev–Trinajstić information content (AvgIpc) is 2.32. The van der Waals surface area contributed by atoms with Crippen molar-refractivity contribution in [3.63, 3.8) is 0 Å². The lowest BCUT2D eigenvalue weighted by atomic mass is 10.3. The molecule has 0 saturated carbocycles. The van der Waals surface area contributed by atoms with Gasteiger partial charge in [0.25, 0.3) is 0 Å². The maximum Gasteiger partial charge on any atom is 0.408 e. The first-order valence-electron chi connectivity index (χ1n) is 2.93. The molecule has 1 atom stereocenters. The number of hydrogen-bond donors (Lipinski definition) is 2. The van der Waals surface area contributed by atoms with Crippen LogP contribution in [0.1, 0.15) is 0 Å². The van der Waals surface area contributed by atoms with Gasteiger partial charge in [-0.3, -0.25) is 4.90 Å². The molecule has 62 valence electrons. The molecule has 1 unspecified atom stereocenters.